The Hall–Kier alpha value is -0.570. The van der Waals surface area contributed by atoms with Crippen LogP contribution in [0.2, 0.25) is 0 Å². The first-order valence-electron chi connectivity index (χ1n) is 5.55. The van der Waals surface area contributed by atoms with Gasteiger partial charge in [0.05, 0.1) is 6.61 Å². The van der Waals surface area contributed by atoms with Gasteiger partial charge in [0.15, 0.2) is 0 Å². The Bertz CT molecular complexity index is 448. The summed E-state index contributed by atoms with van der Waals surface area (Å²) in [6, 6.07) is 0. The van der Waals surface area contributed by atoms with Gasteiger partial charge in [0, 0.05) is 11.8 Å². The maximum atomic E-state index is 13.7. The molecule has 24 heavy (non-hydrogen) atoms. The molecule has 0 amide bonds. The van der Waals surface area contributed by atoms with Crippen LogP contribution in [-0.2, 0) is 9.47 Å². The van der Waals surface area contributed by atoms with E-state index >= 15 is 0 Å². The highest BCUT2D eigenvalue weighted by Gasteiger charge is 2.78. The van der Waals surface area contributed by atoms with Crippen molar-refractivity contribution in [1.82, 2.24) is 0 Å². The number of alkyl halides is 11. The normalized spacial score (nSPS) is 16.7. The maximum Gasteiger partial charge on any atom is 0.462 e. The van der Waals surface area contributed by atoms with Crippen LogP contribution in [0.15, 0.2) is 0 Å². The van der Waals surface area contributed by atoms with Crippen molar-refractivity contribution in [3.8, 4) is 0 Å². The van der Waals surface area contributed by atoms with Gasteiger partial charge in [-0.2, -0.15) is 48.3 Å². The number of hydrogen-bond donors (Lipinski definition) is 0. The summed E-state index contributed by atoms with van der Waals surface area (Å²) in [5.41, 5.74) is 0. The number of thiocarbonyl (C=S) groups is 1. The lowest BCUT2D eigenvalue weighted by atomic mass is 10.3. The topological polar surface area (TPSA) is 18.5 Å². The van der Waals surface area contributed by atoms with Gasteiger partial charge in [-0.25, -0.2) is 0 Å². The monoisotopic (exact) mass is 420 g/mol. The fourth-order valence-electron chi connectivity index (χ4n) is 0.853. The number of rotatable bonds is 6. The first kappa shape index (κ1) is 23.4. The van der Waals surface area contributed by atoms with Crippen LogP contribution in [0, 0.1) is 0 Å². The smallest absolute Gasteiger partial charge is 0.462 e. The summed E-state index contributed by atoms with van der Waals surface area (Å²) < 4.78 is 143. The van der Waals surface area contributed by atoms with E-state index in [4.69, 9.17) is 0 Å². The largest absolute Gasteiger partial charge is 0.478 e. The molecule has 0 heterocycles. The minimum Gasteiger partial charge on any atom is -0.478 e. The van der Waals surface area contributed by atoms with Crippen molar-refractivity contribution in [2.45, 2.75) is 42.9 Å². The minimum atomic E-state index is -7.10. The van der Waals surface area contributed by atoms with Gasteiger partial charge < -0.3 is 4.74 Å². The molecule has 1 unspecified atom stereocenters. The molecule has 0 saturated heterocycles. The van der Waals surface area contributed by atoms with Crippen LogP contribution in [0.5, 0.6) is 0 Å². The van der Waals surface area contributed by atoms with Crippen molar-refractivity contribution in [3.63, 3.8) is 0 Å². The van der Waals surface area contributed by atoms with Gasteiger partial charge in [-0.15, -0.1) is 0 Å². The Balaban J connectivity index is 5.61. The van der Waals surface area contributed by atoms with Crippen LogP contribution in [-0.4, -0.2) is 40.6 Å². The molecule has 144 valence electrons. The lowest BCUT2D eigenvalue weighted by Crippen LogP contribution is -2.58. The summed E-state index contributed by atoms with van der Waals surface area (Å²) in [5, 5.41) is -5.71. The Morgan fingerprint density at radius 2 is 1.33 bits per heavy atom. The van der Waals surface area contributed by atoms with E-state index in [0.717, 1.165) is 0 Å². The van der Waals surface area contributed by atoms with Crippen LogP contribution in [0.3, 0.4) is 0 Å². The first-order chi connectivity index (χ1) is 10.4. The van der Waals surface area contributed by atoms with Crippen molar-refractivity contribution in [2.75, 3.05) is 6.61 Å². The summed E-state index contributed by atoms with van der Waals surface area (Å²) in [7, 11) is 0. The van der Waals surface area contributed by atoms with E-state index in [1.54, 1.807) is 0 Å². The molecule has 1 atom stereocenters. The number of halogens is 11. The van der Waals surface area contributed by atoms with Gasteiger partial charge in [0.1, 0.15) is 0 Å². The standard InChI is InChI=1S/C9H7F11O2S2/c1-2-3-21-4(23)24-9(20,7(15,16)17)22-8(18,19)5(10,11)6(12,13)14/h2-3H2,1H3. The van der Waals surface area contributed by atoms with E-state index in [-0.39, 0.29) is 6.42 Å². The van der Waals surface area contributed by atoms with Gasteiger partial charge in [-0.1, -0.05) is 6.92 Å². The van der Waals surface area contributed by atoms with E-state index < -0.39 is 52.3 Å². The lowest BCUT2D eigenvalue weighted by Gasteiger charge is -2.34. The Morgan fingerprint density at radius 1 is 0.875 bits per heavy atom. The molecule has 0 fully saturated rings. The van der Waals surface area contributed by atoms with Crippen LogP contribution in [0.4, 0.5) is 48.3 Å². The Labute approximate surface area is 136 Å². The molecule has 0 aliphatic rings. The maximum absolute atomic E-state index is 13.7. The van der Waals surface area contributed by atoms with Crippen molar-refractivity contribution >= 4 is 28.4 Å². The number of ether oxygens (including phenoxy) is 2. The number of hydrogen-bond acceptors (Lipinski definition) is 4. The highest BCUT2D eigenvalue weighted by molar-refractivity contribution is 8.23. The third kappa shape index (κ3) is 5.21. The third-order valence-electron chi connectivity index (χ3n) is 1.96. The molecule has 0 aromatic rings. The molecule has 0 N–H and O–H groups in total. The summed E-state index contributed by atoms with van der Waals surface area (Å²) in [4.78, 5) is 0. The molecule has 0 bridgehead atoms. The zero-order chi connectivity index (χ0) is 19.6. The molecule has 0 radical (unpaired) electrons. The van der Waals surface area contributed by atoms with Crippen molar-refractivity contribution in [1.29, 1.82) is 0 Å². The van der Waals surface area contributed by atoms with E-state index in [1.807, 2.05) is 0 Å². The second-order valence-corrected chi connectivity index (χ2v) is 5.65. The van der Waals surface area contributed by atoms with Crippen molar-refractivity contribution in [2.24, 2.45) is 0 Å². The molecular weight excluding hydrogens is 413 g/mol. The molecule has 0 spiro atoms. The lowest BCUT2D eigenvalue weighted by molar-refractivity contribution is -0.464. The minimum absolute atomic E-state index is 0.134. The van der Waals surface area contributed by atoms with Gasteiger partial charge in [0.2, 0.25) is 4.38 Å². The molecular formula is C9H7F11O2S2. The SMILES string of the molecule is CCCOC(=S)SC(F)(OC(F)(F)C(F)(F)C(F)(F)F)C(F)(F)F. The summed E-state index contributed by atoms with van der Waals surface area (Å²) >= 11 is 2.62. The number of thioether (sulfide) groups is 1. The van der Waals surface area contributed by atoms with Crippen LogP contribution in [0.1, 0.15) is 13.3 Å². The van der Waals surface area contributed by atoms with Crippen LogP contribution < -0.4 is 0 Å². The first-order valence-corrected chi connectivity index (χ1v) is 6.77. The van der Waals surface area contributed by atoms with Crippen molar-refractivity contribution in [3.05, 3.63) is 0 Å². The zero-order valence-corrected chi connectivity index (χ0v) is 12.8. The van der Waals surface area contributed by atoms with Gasteiger partial charge in [-0.05, 0) is 18.6 Å². The summed E-state index contributed by atoms with van der Waals surface area (Å²) in [6.45, 7) is 1.03. The molecule has 2 nitrogen and oxygen atoms in total. The predicted octanol–water partition coefficient (Wildman–Crippen LogP) is 5.42. The van der Waals surface area contributed by atoms with Crippen LogP contribution in [0.25, 0.3) is 0 Å². The molecule has 15 heteroatoms. The average Bonchev–Trinajstić information content (AvgIpc) is 2.32. The average molecular weight is 420 g/mol. The van der Waals surface area contributed by atoms with E-state index in [2.05, 4.69) is 21.7 Å². The Kier molecular flexibility index (Phi) is 7.18. The second-order valence-electron chi connectivity index (χ2n) is 3.93. The quantitative estimate of drug-likeness (QED) is 0.324. The summed E-state index contributed by atoms with van der Waals surface area (Å²) in [6.07, 6.45) is -20.2. The van der Waals surface area contributed by atoms with E-state index in [0.29, 0.717) is 0 Å². The molecule has 0 aliphatic heterocycles. The molecule has 0 aromatic carbocycles. The zero-order valence-electron chi connectivity index (χ0n) is 11.2. The van der Waals surface area contributed by atoms with Gasteiger partial charge >= 0.3 is 29.6 Å². The molecule has 0 rings (SSSR count). The van der Waals surface area contributed by atoms with Gasteiger partial charge in [0.25, 0.3) is 0 Å². The third-order valence-corrected chi connectivity index (χ3v) is 3.19. The highest BCUT2D eigenvalue weighted by Crippen LogP contribution is 2.54. The molecule has 0 aromatic heterocycles. The summed E-state index contributed by atoms with van der Waals surface area (Å²) in [5.74, 6) is -7.10. The van der Waals surface area contributed by atoms with Crippen LogP contribution >= 0.6 is 24.0 Å². The molecule has 0 aliphatic carbocycles. The van der Waals surface area contributed by atoms with Crippen molar-refractivity contribution < 1.29 is 57.8 Å². The van der Waals surface area contributed by atoms with Gasteiger partial charge in [-0.3, -0.25) is 4.74 Å². The predicted molar refractivity (Wildman–Crippen MR) is 63.4 cm³/mol. The van der Waals surface area contributed by atoms with E-state index in [1.165, 1.54) is 6.92 Å². The highest BCUT2D eigenvalue weighted by atomic mass is 32.2. The fraction of sp³-hybridized carbons (Fsp3) is 0.889. The fourth-order valence-corrected chi connectivity index (χ4v) is 1.88. The Morgan fingerprint density at radius 3 is 1.67 bits per heavy atom. The molecule has 0 saturated carbocycles. The van der Waals surface area contributed by atoms with E-state index in [9.17, 15) is 48.3 Å². The second kappa shape index (κ2) is 7.35.